The van der Waals surface area contributed by atoms with Crippen LogP contribution in [0.15, 0.2) is 57.9 Å². The average Bonchev–Trinajstić information content (AvgIpc) is 3.16. The van der Waals surface area contributed by atoms with Crippen molar-refractivity contribution >= 4 is 28.7 Å². The van der Waals surface area contributed by atoms with E-state index in [1.807, 2.05) is 31.2 Å². The first-order chi connectivity index (χ1) is 12.5. The number of hydrogen-bond acceptors (Lipinski definition) is 6. The van der Waals surface area contributed by atoms with E-state index in [1.54, 1.807) is 6.08 Å². The van der Waals surface area contributed by atoms with Crippen LogP contribution in [-0.4, -0.2) is 20.7 Å². The lowest BCUT2D eigenvalue weighted by Gasteiger charge is -1.99. The number of nitro groups is 1. The van der Waals surface area contributed by atoms with Crippen LogP contribution in [0, 0.1) is 10.1 Å². The molecule has 0 saturated heterocycles. The third kappa shape index (κ3) is 2.65. The summed E-state index contributed by atoms with van der Waals surface area (Å²) in [6.07, 6.45) is 1.72. The third-order valence-electron chi connectivity index (χ3n) is 4.11. The van der Waals surface area contributed by atoms with Crippen molar-refractivity contribution in [3.8, 4) is 17.4 Å². The number of para-hydroxylation sites is 1. The minimum atomic E-state index is -0.480. The molecule has 26 heavy (non-hydrogen) atoms. The topological polar surface area (TPSA) is 102 Å². The molecule has 0 saturated carbocycles. The first-order valence-corrected chi connectivity index (χ1v) is 7.84. The molecular formula is C19H13N3O4. The maximum absolute atomic E-state index is 10.7. The quantitative estimate of drug-likeness (QED) is 0.551. The molecule has 2 aromatic carbocycles. The van der Waals surface area contributed by atoms with Crippen molar-refractivity contribution in [1.82, 2.24) is 4.98 Å². The van der Waals surface area contributed by atoms with Crippen LogP contribution in [0.1, 0.15) is 18.2 Å². The molecule has 4 rings (SSSR count). The van der Waals surface area contributed by atoms with Crippen molar-refractivity contribution < 1.29 is 14.4 Å². The van der Waals surface area contributed by atoms with Gasteiger partial charge in [-0.05, 0) is 31.2 Å². The van der Waals surface area contributed by atoms with E-state index in [0.29, 0.717) is 5.56 Å². The molecule has 0 unspecified atom stereocenters. The summed E-state index contributed by atoms with van der Waals surface area (Å²) in [5, 5.41) is 20.8. The first kappa shape index (κ1) is 15.8. The Morgan fingerprint density at radius 3 is 2.62 bits per heavy atom. The Bertz CT molecular complexity index is 1080. The standard InChI is InChI=1S/C19H13N3O4/c1-11-15(14-4-2-3-5-16(14)20-11)10-17-19(23)26-18(21-17)12-6-8-13(9-7-12)22(24)25/h2-10,23H,1H3/b15-10+. The molecule has 0 atom stereocenters. The number of nitro benzene ring substituents is 1. The minimum absolute atomic E-state index is 0.0266. The van der Waals surface area contributed by atoms with Gasteiger partial charge in [0, 0.05) is 34.5 Å². The molecule has 3 aromatic rings. The third-order valence-corrected chi connectivity index (χ3v) is 4.11. The van der Waals surface area contributed by atoms with Gasteiger partial charge in [-0.1, -0.05) is 18.2 Å². The monoisotopic (exact) mass is 347 g/mol. The van der Waals surface area contributed by atoms with E-state index in [1.165, 1.54) is 24.3 Å². The van der Waals surface area contributed by atoms with Crippen LogP contribution >= 0.6 is 0 Å². The number of allylic oxidation sites excluding steroid dienone is 1. The van der Waals surface area contributed by atoms with Gasteiger partial charge in [-0.15, -0.1) is 0 Å². The Labute approximate surface area is 148 Å². The number of oxazole rings is 1. The summed E-state index contributed by atoms with van der Waals surface area (Å²) in [5.74, 6) is -0.131. The molecule has 1 aliphatic heterocycles. The predicted molar refractivity (Wildman–Crippen MR) is 97.3 cm³/mol. The molecule has 2 heterocycles. The zero-order chi connectivity index (χ0) is 18.3. The van der Waals surface area contributed by atoms with E-state index in [0.717, 1.165) is 22.5 Å². The Morgan fingerprint density at radius 1 is 1.15 bits per heavy atom. The van der Waals surface area contributed by atoms with E-state index in [4.69, 9.17) is 4.42 Å². The van der Waals surface area contributed by atoms with Gasteiger partial charge in [-0.2, -0.15) is 0 Å². The number of aliphatic imine (C=N–C) groups is 1. The normalized spacial score (nSPS) is 14.3. The van der Waals surface area contributed by atoms with Gasteiger partial charge >= 0.3 is 5.95 Å². The van der Waals surface area contributed by atoms with E-state index < -0.39 is 4.92 Å². The van der Waals surface area contributed by atoms with Gasteiger partial charge in [0.1, 0.15) is 5.69 Å². The van der Waals surface area contributed by atoms with E-state index in [9.17, 15) is 15.2 Å². The number of fused-ring (bicyclic) bond motifs is 1. The van der Waals surface area contributed by atoms with E-state index >= 15 is 0 Å². The van der Waals surface area contributed by atoms with Crippen LogP contribution in [-0.2, 0) is 0 Å². The van der Waals surface area contributed by atoms with Crippen LogP contribution in [0.4, 0.5) is 11.4 Å². The van der Waals surface area contributed by atoms with Gasteiger partial charge in [-0.25, -0.2) is 4.98 Å². The lowest BCUT2D eigenvalue weighted by atomic mass is 10.0. The Hall–Kier alpha value is -3.74. The second-order valence-corrected chi connectivity index (χ2v) is 5.79. The van der Waals surface area contributed by atoms with Crippen LogP contribution in [0.5, 0.6) is 5.95 Å². The summed E-state index contributed by atoms with van der Waals surface area (Å²) in [6, 6.07) is 13.5. The van der Waals surface area contributed by atoms with Gasteiger partial charge in [0.2, 0.25) is 5.89 Å². The minimum Gasteiger partial charge on any atom is -0.479 e. The molecule has 7 nitrogen and oxygen atoms in total. The molecule has 0 bridgehead atoms. The van der Waals surface area contributed by atoms with Crippen LogP contribution < -0.4 is 0 Å². The summed E-state index contributed by atoms with van der Waals surface area (Å²) in [4.78, 5) is 19.1. The van der Waals surface area contributed by atoms with Gasteiger partial charge < -0.3 is 9.52 Å². The predicted octanol–water partition coefficient (Wildman–Crippen LogP) is 4.60. The fourth-order valence-electron chi connectivity index (χ4n) is 2.82. The van der Waals surface area contributed by atoms with Gasteiger partial charge in [-0.3, -0.25) is 15.1 Å². The van der Waals surface area contributed by atoms with Gasteiger partial charge in [0.25, 0.3) is 5.69 Å². The van der Waals surface area contributed by atoms with Crippen molar-refractivity contribution in [3.63, 3.8) is 0 Å². The summed E-state index contributed by atoms with van der Waals surface area (Å²) in [7, 11) is 0. The van der Waals surface area contributed by atoms with E-state index in [-0.39, 0.29) is 23.2 Å². The largest absolute Gasteiger partial charge is 0.479 e. The highest BCUT2D eigenvalue weighted by atomic mass is 16.6. The molecular weight excluding hydrogens is 334 g/mol. The fraction of sp³-hybridized carbons (Fsp3) is 0.0526. The summed E-state index contributed by atoms with van der Waals surface area (Å²) >= 11 is 0. The lowest BCUT2D eigenvalue weighted by molar-refractivity contribution is -0.384. The zero-order valence-electron chi connectivity index (χ0n) is 13.7. The number of aromatic hydroxyl groups is 1. The number of aromatic nitrogens is 1. The Kier molecular flexibility index (Phi) is 3.62. The van der Waals surface area contributed by atoms with Crippen molar-refractivity contribution in [2.75, 3.05) is 0 Å². The van der Waals surface area contributed by atoms with Crippen LogP contribution in [0.2, 0.25) is 0 Å². The summed E-state index contributed by atoms with van der Waals surface area (Å²) in [6.45, 7) is 1.89. The molecule has 0 spiro atoms. The molecule has 0 radical (unpaired) electrons. The van der Waals surface area contributed by atoms with Gasteiger partial charge in [0.15, 0.2) is 0 Å². The van der Waals surface area contributed by atoms with Crippen molar-refractivity contribution in [2.24, 2.45) is 4.99 Å². The maximum Gasteiger partial charge on any atom is 0.310 e. The molecule has 128 valence electrons. The second-order valence-electron chi connectivity index (χ2n) is 5.79. The van der Waals surface area contributed by atoms with Crippen LogP contribution in [0.25, 0.3) is 23.1 Å². The second kappa shape index (κ2) is 5.96. The number of hydrogen-bond donors (Lipinski definition) is 1. The SMILES string of the molecule is CC1=Nc2ccccc2/C1=C/c1nc(-c2ccc([N+](=O)[O-])cc2)oc1O. The molecule has 0 aliphatic carbocycles. The first-order valence-electron chi connectivity index (χ1n) is 7.84. The zero-order valence-corrected chi connectivity index (χ0v) is 13.7. The van der Waals surface area contributed by atoms with Crippen molar-refractivity contribution in [1.29, 1.82) is 0 Å². The van der Waals surface area contributed by atoms with Crippen LogP contribution in [0.3, 0.4) is 0 Å². The number of nitrogens with zero attached hydrogens (tertiary/aromatic N) is 3. The van der Waals surface area contributed by atoms with Crippen molar-refractivity contribution in [2.45, 2.75) is 6.92 Å². The number of benzene rings is 2. The van der Waals surface area contributed by atoms with Crippen molar-refractivity contribution in [3.05, 3.63) is 69.9 Å². The number of non-ortho nitro benzene ring substituents is 1. The van der Waals surface area contributed by atoms with E-state index in [2.05, 4.69) is 9.98 Å². The van der Waals surface area contributed by atoms with Gasteiger partial charge in [0.05, 0.1) is 10.6 Å². The lowest BCUT2D eigenvalue weighted by Crippen LogP contribution is -1.90. The highest BCUT2D eigenvalue weighted by molar-refractivity contribution is 6.31. The highest BCUT2D eigenvalue weighted by Crippen LogP contribution is 2.37. The maximum atomic E-state index is 10.7. The Morgan fingerprint density at radius 2 is 1.88 bits per heavy atom. The Balaban J connectivity index is 1.72. The molecule has 7 heteroatoms. The molecule has 0 amide bonds. The summed E-state index contributed by atoms with van der Waals surface area (Å²) < 4.78 is 5.32. The molecule has 1 aliphatic rings. The smallest absolute Gasteiger partial charge is 0.310 e. The average molecular weight is 347 g/mol. The number of rotatable bonds is 3. The molecule has 1 aromatic heterocycles. The summed E-state index contributed by atoms with van der Waals surface area (Å²) in [5.41, 5.74) is 4.30. The highest BCUT2D eigenvalue weighted by Gasteiger charge is 2.20. The molecule has 1 N–H and O–H groups in total. The molecule has 0 fully saturated rings. The fourth-order valence-corrected chi connectivity index (χ4v) is 2.82.